The van der Waals surface area contributed by atoms with E-state index < -0.39 is 0 Å². The van der Waals surface area contributed by atoms with Crippen LogP contribution in [0.5, 0.6) is 0 Å². The Labute approximate surface area is 130 Å². The number of hydrogen-bond donors (Lipinski definition) is 1. The van der Waals surface area contributed by atoms with Crippen molar-refractivity contribution in [2.45, 2.75) is 52.5 Å². The molecule has 21 heavy (non-hydrogen) atoms. The molecule has 1 aliphatic heterocycles. The second-order valence-electron chi connectivity index (χ2n) is 8.02. The Bertz CT molecular complexity index is 434. The van der Waals surface area contributed by atoms with E-state index in [9.17, 15) is 0 Å². The molecule has 2 N–H and O–H groups in total. The van der Waals surface area contributed by atoms with E-state index in [4.69, 9.17) is 5.73 Å². The van der Waals surface area contributed by atoms with Crippen LogP contribution in [0, 0.1) is 11.8 Å². The summed E-state index contributed by atoms with van der Waals surface area (Å²) in [5.74, 6) is 1.55. The van der Waals surface area contributed by atoms with Crippen molar-refractivity contribution >= 4 is 0 Å². The van der Waals surface area contributed by atoms with E-state index in [1.54, 1.807) is 0 Å². The number of benzene rings is 1. The van der Waals surface area contributed by atoms with Gasteiger partial charge in [-0.25, -0.2) is 0 Å². The second-order valence-corrected chi connectivity index (χ2v) is 8.02. The fourth-order valence-corrected chi connectivity index (χ4v) is 3.67. The quantitative estimate of drug-likeness (QED) is 0.912. The molecule has 1 fully saturated rings. The van der Waals surface area contributed by atoms with E-state index in [2.05, 4.69) is 63.8 Å². The largest absolute Gasteiger partial charge is 0.329 e. The normalized spacial score (nSPS) is 25.8. The van der Waals surface area contributed by atoms with Gasteiger partial charge in [0.05, 0.1) is 0 Å². The highest BCUT2D eigenvalue weighted by Gasteiger charge is 2.27. The van der Waals surface area contributed by atoms with Gasteiger partial charge < -0.3 is 5.73 Å². The molecule has 2 rings (SSSR count). The van der Waals surface area contributed by atoms with E-state index in [1.807, 2.05) is 0 Å². The van der Waals surface area contributed by atoms with E-state index in [0.29, 0.717) is 12.6 Å². The average Bonchev–Trinajstić information content (AvgIpc) is 2.38. The fourth-order valence-electron chi connectivity index (χ4n) is 3.67. The predicted octanol–water partition coefficient (Wildman–Crippen LogP) is 3.96. The van der Waals surface area contributed by atoms with Crippen LogP contribution in [0.4, 0.5) is 0 Å². The maximum absolute atomic E-state index is 6.11. The van der Waals surface area contributed by atoms with Crippen molar-refractivity contribution in [3.8, 4) is 0 Å². The van der Waals surface area contributed by atoms with Crippen molar-refractivity contribution in [1.29, 1.82) is 0 Å². The first-order chi connectivity index (χ1) is 9.81. The average molecular weight is 288 g/mol. The number of nitrogens with zero attached hydrogens (tertiary/aromatic N) is 1. The van der Waals surface area contributed by atoms with Gasteiger partial charge in [0, 0.05) is 25.7 Å². The highest BCUT2D eigenvalue weighted by molar-refractivity contribution is 5.29. The van der Waals surface area contributed by atoms with E-state index in [1.165, 1.54) is 30.6 Å². The molecule has 1 unspecified atom stereocenters. The fraction of sp³-hybridized carbons (Fsp3) is 0.684. The van der Waals surface area contributed by atoms with Gasteiger partial charge in [0.1, 0.15) is 0 Å². The van der Waals surface area contributed by atoms with Gasteiger partial charge in [0.25, 0.3) is 0 Å². The molecular weight excluding hydrogens is 256 g/mol. The molecular formula is C19H32N2. The van der Waals surface area contributed by atoms with Gasteiger partial charge in [-0.3, -0.25) is 4.90 Å². The van der Waals surface area contributed by atoms with Crippen LogP contribution in [-0.2, 0) is 5.41 Å². The molecule has 0 spiro atoms. The van der Waals surface area contributed by atoms with Gasteiger partial charge >= 0.3 is 0 Å². The van der Waals surface area contributed by atoms with Crippen LogP contribution < -0.4 is 5.73 Å². The van der Waals surface area contributed by atoms with Gasteiger partial charge in [-0.2, -0.15) is 0 Å². The summed E-state index contributed by atoms with van der Waals surface area (Å²) in [6, 6.07) is 9.47. The first-order valence-corrected chi connectivity index (χ1v) is 8.35. The molecule has 3 atom stereocenters. The van der Waals surface area contributed by atoms with Crippen molar-refractivity contribution in [1.82, 2.24) is 4.90 Å². The smallest absolute Gasteiger partial charge is 0.0470 e. The van der Waals surface area contributed by atoms with Gasteiger partial charge in [0.2, 0.25) is 0 Å². The molecule has 0 amide bonds. The Kier molecular flexibility index (Phi) is 5.11. The minimum absolute atomic E-state index is 0.213. The number of likely N-dealkylation sites (tertiary alicyclic amines) is 1. The molecule has 0 aromatic heterocycles. The molecule has 0 bridgehead atoms. The minimum atomic E-state index is 0.213. The highest BCUT2D eigenvalue weighted by atomic mass is 15.2. The molecule has 1 aliphatic rings. The Morgan fingerprint density at radius 3 is 2.05 bits per heavy atom. The molecule has 1 heterocycles. The lowest BCUT2D eigenvalue weighted by Crippen LogP contribution is -2.43. The van der Waals surface area contributed by atoms with Crippen molar-refractivity contribution < 1.29 is 0 Å². The number of rotatable bonds is 3. The zero-order valence-electron chi connectivity index (χ0n) is 14.4. The van der Waals surface area contributed by atoms with E-state index >= 15 is 0 Å². The second kappa shape index (κ2) is 6.50. The zero-order valence-corrected chi connectivity index (χ0v) is 14.4. The Balaban J connectivity index is 2.17. The predicted molar refractivity (Wildman–Crippen MR) is 91.5 cm³/mol. The van der Waals surface area contributed by atoms with Gasteiger partial charge in [-0.1, -0.05) is 58.9 Å². The van der Waals surface area contributed by atoms with Crippen LogP contribution in [0.25, 0.3) is 0 Å². The summed E-state index contributed by atoms with van der Waals surface area (Å²) in [6.07, 6.45) is 1.34. The molecule has 0 radical (unpaired) electrons. The Hall–Kier alpha value is -0.860. The number of nitrogens with two attached hydrogens (primary N) is 1. The standard InChI is InChI=1S/C19H32N2/c1-14-10-15(2)13-21(12-14)18(11-20)16-6-8-17(9-7-16)19(3,4)5/h6-9,14-15,18H,10-13,20H2,1-5H3/t14-,15+,18?. The lowest BCUT2D eigenvalue weighted by atomic mass is 9.85. The number of piperidine rings is 1. The monoisotopic (exact) mass is 288 g/mol. The molecule has 0 saturated carbocycles. The summed E-state index contributed by atoms with van der Waals surface area (Å²) in [4.78, 5) is 2.59. The van der Waals surface area contributed by atoms with Crippen LogP contribution in [0.1, 0.15) is 58.2 Å². The third-order valence-corrected chi connectivity index (χ3v) is 4.72. The van der Waals surface area contributed by atoms with Crippen molar-refractivity contribution in [3.05, 3.63) is 35.4 Å². The SMILES string of the molecule is C[C@@H]1C[C@H](C)CN(C(CN)c2ccc(C(C)(C)C)cc2)C1. The maximum atomic E-state index is 6.11. The van der Waals surface area contributed by atoms with Crippen molar-refractivity contribution in [2.24, 2.45) is 17.6 Å². The molecule has 1 aromatic rings. The molecule has 1 aromatic carbocycles. The summed E-state index contributed by atoms with van der Waals surface area (Å²) in [5.41, 5.74) is 9.08. The van der Waals surface area contributed by atoms with Gasteiger partial charge in [-0.15, -0.1) is 0 Å². The van der Waals surface area contributed by atoms with Crippen LogP contribution in [0.3, 0.4) is 0 Å². The lowest BCUT2D eigenvalue weighted by Gasteiger charge is -2.40. The Morgan fingerprint density at radius 1 is 1.10 bits per heavy atom. The molecule has 2 heteroatoms. The lowest BCUT2D eigenvalue weighted by molar-refractivity contribution is 0.0984. The first kappa shape index (κ1) is 16.5. The summed E-state index contributed by atoms with van der Waals surface area (Å²) < 4.78 is 0. The minimum Gasteiger partial charge on any atom is -0.329 e. The van der Waals surface area contributed by atoms with E-state index in [0.717, 1.165) is 11.8 Å². The summed E-state index contributed by atoms with van der Waals surface area (Å²) >= 11 is 0. The van der Waals surface area contributed by atoms with Crippen molar-refractivity contribution in [3.63, 3.8) is 0 Å². The van der Waals surface area contributed by atoms with Crippen LogP contribution in [0.15, 0.2) is 24.3 Å². The Morgan fingerprint density at radius 2 is 1.62 bits per heavy atom. The summed E-state index contributed by atoms with van der Waals surface area (Å²) in [6.45, 7) is 14.6. The van der Waals surface area contributed by atoms with Gasteiger partial charge in [-0.05, 0) is 34.8 Å². The first-order valence-electron chi connectivity index (χ1n) is 8.35. The van der Waals surface area contributed by atoms with Crippen LogP contribution in [-0.4, -0.2) is 24.5 Å². The molecule has 0 aliphatic carbocycles. The maximum Gasteiger partial charge on any atom is 0.0470 e. The third kappa shape index (κ3) is 4.08. The van der Waals surface area contributed by atoms with Crippen LogP contribution in [0.2, 0.25) is 0 Å². The molecule has 118 valence electrons. The third-order valence-electron chi connectivity index (χ3n) is 4.72. The molecule has 1 saturated heterocycles. The topological polar surface area (TPSA) is 29.3 Å². The molecule has 2 nitrogen and oxygen atoms in total. The van der Waals surface area contributed by atoms with Crippen LogP contribution >= 0.6 is 0 Å². The highest BCUT2D eigenvalue weighted by Crippen LogP contribution is 2.30. The summed E-state index contributed by atoms with van der Waals surface area (Å²) in [7, 11) is 0. The van der Waals surface area contributed by atoms with Crippen molar-refractivity contribution in [2.75, 3.05) is 19.6 Å². The van der Waals surface area contributed by atoms with Gasteiger partial charge in [0.15, 0.2) is 0 Å². The van der Waals surface area contributed by atoms with E-state index in [-0.39, 0.29) is 5.41 Å². The zero-order chi connectivity index (χ0) is 15.6. The number of hydrogen-bond acceptors (Lipinski definition) is 2. The summed E-state index contributed by atoms with van der Waals surface area (Å²) in [5, 5.41) is 0.